The molecule has 1 aliphatic rings. The fraction of sp³-hybridized carbons (Fsp3) is 0.538. The van der Waals surface area contributed by atoms with E-state index in [4.69, 9.17) is 11.6 Å². The molecule has 0 bridgehead atoms. The third-order valence-corrected chi connectivity index (χ3v) is 3.79. The van der Waals surface area contributed by atoms with Crippen molar-refractivity contribution in [2.24, 2.45) is 0 Å². The van der Waals surface area contributed by atoms with Gasteiger partial charge in [-0.3, -0.25) is 0 Å². The number of pyridine rings is 1. The van der Waals surface area contributed by atoms with Crippen molar-refractivity contribution in [3.8, 4) is 6.07 Å². The minimum absolute atomic E-state index is 0.448. The molecule has 0 unspecified atom stereocenters. The number of hydrogen-bond acceptors (Lipinski definition) is 3. The topological polar surface area (TPSA) is 39.9 Å². The second-order valence-electron chi connectivity index (χ2n) is 4.47. The van der Waals surface area contributed by atoms with E-state index in [1.807, 2.05) is 12.1 Å². The molecule has 1 aromatic heterocycles. The molecule has 1 saturated heterocycles. The van der Waals surface area contributed by atoms with Crippen molar-refractivity contribution in [3.05, 3.63) is 29.0 Å². The van der Waals surface area contributed by atoms with Crippen molar-refractivity contribution in [3.63, 3.8) is 0 Å². The van der Waals surface area contributed by atoms with Crippen LogP contribution in [0.3, 0.4) is 0 Å². The molecule has 1 aliphatic heterocycles. The number of piperidine rings is 1. The Hall–Kier alpha value is -1.11. The summed E-state index contributed by atoms with van der Waals surface area (Å²) in [6.45, 7) is 5.11. The summed E-state index contributed by atoms with van der Waals surface area (Å²) in [7, 11) is 0. The number of aromatic nitrogens is 1. The van der Waals surface area contributed by atoms with E-state index in [-0.39, 0.29) is 0 Å². The predicted octanol–water partition coefficient (Wildman–Crippen LogP) is 2.61. The van der Waals surface area contributed by atoms with Crippen molar-refractivity contribution >= 4 is 11.6 Å². The van der Waals surface area contributed by atoms with E-state index in [2.05, 4.69) is 22.9 Å². The van der Waals surface area contributed by atoms with Crippen LogP contribution in [-0.2, 0) is 5.41 Å². The second kappa shape index (κ2) is 5.03. The van der Waals surface area contributed by atoms with E-state index in [1.54, 1.807) is 6.07 Å². The Bertz CT molecular complexity index is 431. The van der Waals surface area contributed by atoms with Crippen LogP contribution in [0.25, 0.3) is 0 Å². The van der Waals surface area contributed by atoms with Gasteiger partial charge in [0.1, 0.15) is 10.6 Å². The molecule has 0 radical (unpaired) electrons. The maximum Gasteiger partial charge on any atom is 0.129 e. The van der Waals surface area contributed by atoms with E-state index in [0.717, 1.165) is 38.2 Å². The molecule has 2 heterocycles. The Morgan fingerprint density at radius 3 is 2.71 bits per heavy atom. The molecule has 0 saturated carbocycles. The normalized spacial score (nSPS) is 19.8. The summed E-state index contributed by atoms with van der Waals surface area (Å²) >= 11 is 5.91. The molecule has 0 atom stereocenters. The zero-order chi connectivity index (χ0) is 12.3. The molecule has 0 N–H and O–H groups in total. The number of likely N-dealkylation sites (tertiary alicyclic amines) is 1. The van der Waals surface area contributed by atoms with Crippen LogP contribution >= 0.6 is 11.6 Å². The van der Waals surface area contributed by atoms with Crippen molar-refractivity contribution in [2.45, 2.75) is 25.2 Å². The van der Waals surface area contributed by atoms with Crippen LogP contribution in [0.5, 0.6) is 0 Å². The molecule has 4 heteroatoms. The smallest absolute Gasteiger partial charge is 0.129 e. The quantitative estimate of drug-likeness (QED) is 0.757. The largest absolute Gasteiger partial charge is 0.303 e. The SMILES string of the molecule is CCN1CCC(C#N)(c2cccc(Cl)n2)CC1. The molecule has 17 heavy (non-hydrogen) atoms. The molecule has 2 rings (SSSR count). The van der Waals surface area contributed by atoms with E-state index >= 15 is 0 Å². The Morgan fingerprint density at radius 1 is 1.47 bits per heavy atom. The molecule has 1 fully saturated rings. The molecular weight excluding hydrogens is 234 g/mol. The van der Waals surface area contributed by atoms with Gasteiger partial charge in [0.05, 0.1) is 11.8 Å². The van der Waals surface area contributed by atoms with E-state index in [1.165, 1.54) is 0 Å². The van der Waals surface area contributed by atoms with Gasteiger partial charge in [0.15, 0.2) is 0 Å². The molecular formula is C13H16ClN3. The highest BCUT2D eigenvalue weighted by Gasteiger charge is 2.37. The van der Waals surface area contributed by atoms with Gasteiger partial charge in [0.2, 0.25) is 0 Å². The van der Waals surface area contributed by atoms with Crippen LogP contribution in [0.1, 0.15) is 25.5 Å². The first-order valence-corrected chi connectivity index (χ1v) is 6.34. The second-order valence-corrected chi connectivity index (χ2v) is 4.86. The summed E-state index contributed by atoms with van der Waals surface area (Å²) in [5.41, 5.74) is 0.375. The summed E-state index contributed by atoms with van der Waals surface area (Å²) in [4.78, 5) is 6.68. The lowest BCUT2D eigenvalue weighted by molar-refractivity contribution is 0.192. The zero-order valence-electron chi connectivity index (χ0n) is 9.99. The van der Waals surface area contributed by atoms with Gasteiger partial charge in [-0.15, -0.1) is 0 Å². The van der Waals surface area contributed by atoms with Crippen LogP contribution in [0.4, 0.5) is 0 Å². The summed E-state index contributed by atoms with van der Waals surface area (Å²) in [6, 6.07) is 7.99. The van der Waals surface area contributed by atoms with E-state index in [9.17, 15) is 5.26 Å². The number of hydrogen-bond donors (Lipinski definition) is 0. The van der Waals surface area contributed by atoms with Crippen LogP contribution in [0.15, 0.2) is 18.2 Å². The molecule has 0 amide bonds. The Kier molecular flexibility index (Phi) is 3.66. The number of halogens is 1. The minimum atomic E-state index is -0.448. The highest BCUT2D eigenvalue weighted by atomic mass is 35.5. The summed E-state index contributed by atoms with van der Waals surface area (Å²) in [5.74, 6) is 0. The Morgan fingerprint density at radius 2 is 2.18 bits per heavy atom. The van der Waals surface area contributed by atoms with Gasteiger partial charge >= 0.3 is 0 Å². The summed E-state index contributed by atoms with van der Waals surface area (Å²) < 4.78 is 0. The molecule has 90 valence electrons. The lowest BCUT2D eigenvalue weighted by Gasteiger charge is -2.36. The average Bonchev–Trinajstić information content (AvgIpc) is 2.39. The fourth-order valence-corrected chi connectivity index (χ4v) is 2.51. The van der Waals surface area contributed by atoms with Gasteiger partial charge in [0.25, 0.3) is 0 Å². The van der Waals surface area contributed by atoms with Crippen molar-refractivity contribution in [1.82, 2.24) is 9.88 Å². The lowest BCUT2D eigenvalue weighted by atomic mass is 9.76. The minimum Gasteiger partial charge on any atom is -0.303 e. The van der Waals surface area contributed by atoms with E-state index < -0.39 is 5.41 Å². The third kappa shape index (κ3) is 2.43. The van der Waals surface area contributed by atoms with Gasteiger partial charge in [-0.2, -0.15) is 5.26 Å². The van der Waals surface area contributed by atoms with Crippen LogP contribution in [-0.4, -0.2) is 29.5 Å². The number of rotatable bonds is 2. The van der Waals surface area contributed by atoms with Gasteiger partial charge < -0.3 is 4.90 Å². The van der Waals surface area contributed by atoms with Crippen LogP contribution in [0.2, 0.25) is 5.15 Å². The third-order valence-electron chi connectivity index (χ3n) is 3.58. The molecule has 0 spiro atoms. The Labute approximate surface area is 107 Å². The van der Waals surface area contributed by atoms with Crippen molar-refractivity contribution in [1.29, 1.82) is 5.26 Å². The van der Waals surface area contributed by atoms with Gasteiger partial charge in [-0.1, -0.05) is 24.6 Å². The van der Waals surface area contributed by atoms with E-state index in [0.29, 0.717) is 5.15 Å². The standard InChI is InChI=1S/C13H16ClN3/c1-2-17-8-6-13(10-15,7-9-17)11-4-3-5-12(14)16-11/h3-5H,2,6-9H2,1H3. The number of nitrogens with zero attached hydrogens (tertiary/aromatic N) is 3. The average molecular weight is 250 g/mol. The Balaban J connectivity index is 2.25. The van der Waals surface area contributed by atoms with Crippen molar-refractivity contribution in [2.75, 3.05) is 19.6 Å². The van der Waals surface area contributed by atoms with Gasteiger partial charge in [-0.25, -0.2) is 4.98 Å². The predicted molar refractivity (Wildman–Crippen MR) is 67.9 cm³/mol. The summed E-state index contributed by atoms with van der Waals surface area (Å²) in [5, 5.41) is 9.96. The number of nitriles is 1. The first-order chi connectivity index (χ1) is 8.20. The van der Waals surface area contributed by atoms with Crippen LogP contribution < -0.4 is 0 Å². The molecule has 1 aromatic rings. The first-order valence-electron chi connectivity index (χ1n) is 5.97. The maximum absolute atomic E-state index is 9.49. The maximum atomic E-state index is 9.49. The molecule has 0 aromatic carbocycles. The van der Waals surface area contributed by atoms with Crippen LogP contribution in [0, 0.1) is 11.3 Å². The lowest BCUT2D eigenvalue weighted by Crippen LogP contribution is -2.42. The van der Waals surface area contributed by atoms with Crippen molar-refractivity contribution < 1.29 is 0 Å². The fourth-order valence-electron chi connectivity index (χ4n) is 2.35. The zero-order valence-corrected chi connectivity index (χ0v) is 10.7. The summed E-state index contributed by atoms with van der Waals surface area (Å²) in [6.07, 6.45) is 1.68. The highest BCUT2D eigenvalue weighted by Crippen LogP contribution is 2.34. The van der Waals surface area contributed by atoms with Gasteiger partial charge in [0, 0.05) is 13.1 Å². The first kappa shape index (κ1) is 12.3. The van der Waals surface area contributed by atoms with Gasteiger partial charge in [-0.05, 0) is 31.5 Å². The monoisotopic (exact) mass is 249 g/mol. The highest BCUT2D eigenvalue weighted by molar-refractivity contribution is 6.29. The molecule has 3 nitrogen and oxygen atoms in total. The molecule has 0 aliphatic carbocycles.